The number of aryl methyl sites for hydroxylation is 1. The maximum absolute atomic E-state index is 10.5. The standard InChI is InChI=1S/C33H61O13P.Na.H/c1-2-3-4-5-6-7-8-9-32-10-12-33(13-11-32)45-30-28-43-26-24-41-22-20-39-18-16-37-14-15-38-17-19-40-21-23-42-25-27-44-29-31-46-47(34,35)36;;/h10-13H,2-9,14-31H2,1H3,(H2,34,35,36);;. The average Bonchev–Trinajstić information content (AvgIpc) is 3.05. The summed E-state index contributed by atoms with van der Waals surface area (Å²) >= 11 is 0. The van der Waals surface area contributed by atoms with E-state index in [0.29, 0.717) is 106 Å². The molecule has 0 atom stereocenters. The number of hydrogen-bond donors (Lipinski definition) is 2. The molecule has 0 aliphatic carbocycles. The summed E-state index contributed by atoms with van der Waals surface area (Å²) in [7, 11) is -4.43. The van der Waals surface area contributed by atoms with Gasteiger partial charge in [0.05, 0.1) is 112 Å². The third-order valence-electron chi connectivity index (χ3n) is 6.58. The summed E-state index contributed by atoms with van der Waals surface area (Å²) in [6, 6.07) is 8.41. The first-order valence-corrected chi connectivity index (χ1v) is 18.6. The van der Waals surface area contributed by atoms with Crippen molar-refractivity contribution in [2.75, 3.05) is 119 Å². The van der Waals surface area contributed by atoms with E-state index in [1.807, 2.05) is 12.1 Å². The van der Waals surface area contributed by atoms with Crippen LogP contribution in [0.5, 0.6) is 5.75 Å². The van der Waals surface area contributed by atoms with Crippen LogP contribution < -0.4 is 4.74 Å². The van der Waals surface area contributed by atoms with Gasteiger partial charge in [-0.25, -0.2) is 4.57 Å². The molecule has 48 heavy (non-hydrogen) atoms. The van der Waals surface area contributed by atoms with Crippen LogP contribution in [0, 0.1) is 0 Å². The van der Waals surface area contributed by atoms with Gasteiger partial charge in [0.2, 0.25) is 0 Å². The Hall–Kier alpha value is -0.190. The normalized spacial score (nSPS) is 11.6. The van der Waals surface area contributed by atoms with Crippen molar-refractivity contribution in [3.63, 3.8) is 0 Å². The van der Waals surface area contributed by atoms with Crippen molar-refractivity contribution in [2.45, 2.75) is 58.3 Å². The number of rotatable bonds is 37. The SMILES string of the molecule is CCCCCCCCCc1ccc(OCCOCCOCCOCCOCCOCCOCCOCCOCCOP(=O)(O)O)cc1.[NaH]. The predicted molar refractivity (Wildman–Crippen MR) is 185 cm³/mol. The Bertz CT molecular complexity index is 832. The van der Waals surface area contributed by atoms with Crippen molar-refractivity contribution in [1.29, 1.82) is 0 Å². The Morgan fingerprint density at radius 3 is 1.19 bits per heavy atom. The third kappa shape index (κ3) is 35.6. The van der Waals surface area contributed by atoms with Crippen LogP contribution in [0.3, 0.4) is 0 Å². The van der Waals surface area contributed by atoms with Gasteiger partial charge >= 0.3 is 37.4 Å². The number of hydrogen-bond acceptors (Lipinski definition) is 11. The fourth-order valence-corrected chi connectivity index (χ4v) is 4.43. The molecule has 13 nitrogen and oxygen atoms in total. The minimum atomic E-state index is -4.43. The van der Waals surface area contributed by atoms with Crippen molar-refractivity contribution in [2.24, 2.45) is 0 Å². The minimum absolute atomic E-state index is 0. The quantitative estimate of drug-likeness (QED) is 0.0581. The number of benzene rings is 1. The van der Waals surface area contributed by atoms with E-state index in [9.17, 15) is 4.57 Å². The molecule has 2 N–H and O–H groups in total. The maximum atomic E-state index is 10.5. The molecule has 1 aromatic carbocycles. The first-order chi connectivity index (χ1) is 23.0. The number of ether oxygens (including phenoxy) is 9. The zero-order valence-electron chi connectivity index (χ0n) is 28.5. The first-order valence-electron chi connectivity index (χ1n) is 17.0. The van der Waals surface area contributed by atoms with Crippen molar-refractivity contribution in [3.8, 4) is 5.75 Å². The second-order valence-electron chi connectivity index (χ2n) is 10.6. The van der Waals surface area contributed by atoms with Crippen LogP contribution in [0.2, 0.25) is 0 Å². The Morgan fingerprint density at radius 2 is 0.812 bits per heavy atom. The van der Waals surface area contributed by atoms with Gasteiger partial charge in [0.25, 0.3) is 0 Å². The number of unbranched alkanes of at least 4 members (excludes halogenated alkanes) is 6. The second kappa shape index (κ2) is 36.6. The van der Waals surface area contributed by atoms with Crippen molar-refractivity contribution < 1.29 is 61.5 Å². The molecule has 0 fully saturated rings. The molecule has 0 bridgehead atoms. The molecule has 1 rings (SSSR count). The van der Waals surface area contributed by atoms with Crippen molar-refractivity contribution in [1.82, 2.24) is 0 Å². The van der Waals surface area contributed by atoms with Crippen LogP contribution in [-0.4, -0.2) is 158 Å². The van der Waals surface area contributed by atoms with E-state index in [-0.39, 0.29) is 42.8 Å². The van der Waals surface area contributed by atoms with Gasteiger partial charge in [0.1, 0.15) is 12.4 Å². The van der Waals surface area contributed by atoms with Gasteiger partial charge in [-0.15, -0.1) is 0 Å². The molecular formula is C33H62NaO13P. The van der Waals surface area contributed by atoms with E-state index in [2.05, 4.69) is 23.6 Å². The molecule has 0 aliphatic rings. The zero-order chi connectivity index (χ0) is 33.9. The first kappa shape index (κ1) is 47.8. The van der Waals surface area contributed by atoms with Crippen LogP contribution in [0.15, 0.2) is 24.3 Å². The van der Waals surface area contributed by atoms with Crippen LogP contribution in [0.25, 0.3) is 0 Å². The Kier molecular flexibility index (Phi) is 36.5. The van der Waals surface area contributed by atoms with E-state index < -0.39 is 7.82 Å². The van der Waals surface area contributed by atoms with E-state index in [4.69, 9.17) is 52.4 Å². The molecule has 0 saturated carbocycles. The van der Waals surface area contributed by atoms with E-state index >= 15 is 0 Å². The van der Waals surface area contributed by atoms with Crippen molar-refractivity contribution >= 4 is 37.4 Å². The molecule has 0 radical (unpaired) electrons. The Morgan fingerprint density at radius 1 is 0.479 bits per heavy atom. The fraction of sp³-hybridized carbons (Fsp3) is 0.818. The summed E-state index contributed by atoms with van der Waals surface area (Å²) in [5.41, 5.74) is 1.37. The van der Waals surface area contributed by atoms with Crippen LogP contribution in [-0.2, 0) is 53.4 Å². The summed E-state index contributed by atoms with van der Waals surface area (Å²) in [6.07, 6.45) is 10.5. The van der Waals surface area contributed by atoms with E-state index in [1.165, 1.54) is 50.5 Å². The van der Waals surface area contributed by atoms with E-state index in [1.54, 1.807) is 0 Å². The topological polar surface area (TPSA) is 150 Å². The van der Waals surface area contributed by atoms with Gasteiger partial charge in [-0.1, -0.05) is 57.6 Å². The number of phosphoric ester groups is 1. The molecule has 0 heterocycles. The molecule has 0 saturated heterocycles. The molecule has 0 aromatic heterocycles. The number of phosphoric acid groups is 1. The molecule has 0 spiro atoms. The summed E-state index contributed by atoms with van der Waals surface area (Å²) < 4.78 is 63.8. The molecule has 0 aliphatic heterocycles. The Labute approximate surface area is 310 Å². The summed E-state index contributed by atoms with van der Waals surface area (Å²) in [5.74, 6) is 0.877. The van der Waals surface area contributed by atoms with Gasteiger partial charge in [-0.3, -0.25) is 4.52 Å². The van der Waals surface area contributed by atoms with Gasteiger partial charge in [0, 0.05) is 0 Å². The monoisotopic (exact) mass is 720 g/mol. The zero-order valence-corrected chi connectivity index (χ0v) is 29.4. The molecule has 1 aromatic rings. The van der Waals surface area contributed by atoms with Crippen LogP contribution in [0.1, 0.15) is 57.4 Å². The second-order valence-corrected chi connectivity index (χ2v) is 11.8. The van der Waals surface area contributed by atoms with Gasteiger partial charge < -0.3 is 52.4 Å². The van der Waals surface area contributed by atoms with E-state index in [0.717, 1.165) is 12.2 Å². The molecule has 0 unspecified atom stereocenters. The van der Waals surface area contributed by atoms with Crippen molar-refractivity contribution in [3.05, 3.63) is 29.8 Å². The third-order valence-corrected chi connectivity index (χ3v) is 7.10. The van der Waals surface area contributed by atoms with Gasteiger partial charge in [-0.05, 0) is 30.5 Å². The Balaban J connectivity index is 0.0000221. The molecule has 15 heteroatoms. The summed E-state index contributed by atoms with van der Waals surface area (Å²) in [6.45, 7) is 9.58. The summed E-state index contributed by atoms with van der Waals surface area (Å²) in [5, 5.41) is 0. The van der Waals surface area contributed by atoms with Gasteiger partial charge in [0.15, 0.2) is 0 Å². The van der Waals surface area contributed by atoms with Crippen LogP contribution in [0.4, 0.5) is 0 Å². The molecule has 0 amide bonds. The van der Waals surface area contributed by atoms with Crippen LogP contribution >= 0.6 is 7.82 Å². The predicted octanol–water partition coefficient (Wildman–Crippen LogP) is 3.95. The fourth-order valence-electron chi connectivity index (χ4n) is 4.11. The van der Waals surface area contributed by atoms with Gasteiger partial charge in [-0.2, -0.15) is 0 Å². The summed E-state index contributed by atoms with van der Waals surface area (Å²) in [4.78, 5) is 17.0. The molecular weight excluding hydrogens is 658 g/mol. The average molecular weight is 721 g/mol. The molecule has 278 valence electrons.